The molecule has 0 aliphatic heterocycles. The van der Waals surface area contributed by atoms with Crippen LogP contribution in [0.4, 0.5) is 18.9 Å². The molecule has 0 saturated carbocycles. The number of amides is 1. The quantitative estimate of drug-likeness (QED) is 0.720. The van der Waals surface area contributed by atoms with E-state index in [0.717, 1.165) is 23.3 Å². The number of hydrogen-bond acceptors (Lipinski definition) is 5. The zero-order valence-corrected chi connectivity index (χ0v) is 15.1. The van der Waals surface area contributed by atoms with Gasteiger partial charge in [0.1, 0.15) is 11.5 Å². The standard InChI is InChI=1S/C19H18F3NO5/c1-12-3-8-16(13(2)9-12)26-11-18(25)27-10-17(24)23-14-4-6-15(7-5-14)28-19(20,21)22/h3-9H,10-11H2,1-2H3,(H,23,24). The van der Waals surface area contributed by atoms with Crippen molar-refractivity contribution >= 4 is 17.6 Å². The van der Waals surface area contributed by atoms with Gasteiger partial charge in [-0.1, -0.05) is 17.7 Å². The van der Waals surface area contributed by atoms with Crippen molar-refractivity contribution in [3.8, 4) is 11.5 Å². The fraction of sp³-hybridized carbons (Fsp3) is 0.263. The lowest BCUT2D eigenvalue weighted by Crippen LogP contribution is -2.23. The molecule has 0 aliphatic carbocycles. The first-order valence-corrected chi connectivity index (χ1v) is 8.14. The van der Waals surface area contributed by atoms with Crippen molar-refractivity contribution in [1.29, 1.82) is 0 Å². The predicted octanol–water partition coefficient (Wildman–Crippen LogP) is 3.76. The molecule has 1 N–H and O–H groups in total. The first-order chi connectivity index (χ1) is 13.1. The summed E-state index contributed by atoms with van der Waals surface area (Å²) >= 11 is 0. The van der Waals surface area contributed by atoms with Crippen LogP contribution < -0.4 is 14.8 Å². The van der Waals surface area contributed by atoms with E-state index >= 15 is 0 Å². The van der Waals surface area contributed by atoms with Gasteiger partial charge in [-0.05, 0) is 49.7 Å². The van der Waals surface area contributed by atoms with Gasteiger partial charge in [-0.3, -0.25) is 4.79 Å². The largest absolute Gasteiger partial charge is 0.573 e. The van der Waals surface area contributed by atoms with Gasteiger partial charge in [-0.25, -0.2) is 4.79 Å². The highest BCUT2D eigenvalue weighted by molar-refractivity contribution is 5.92. The van der Waals surface area contributed by atoms with Gasteiger partial charge >= 0.3 is 12.3 Å². The average Bonchev–Trinajstić information content (AvgIpc) is 2.59. The maximum atomic E-state index is 12.1. The smallest absolute Gasteiger partial charge is 0.482 e. The van der Waals surface area contributed by atoms with Gasteiger partial charge in [-0.2, -0.15) is 0 Å². The molecular formula is C19H18F3NO5. The summed E-state index contributed by atoms with van der Waals surface area (Å²) in [6, 6.07) is 10.0. The second-order valence-electron chi connectivity index (χ2n) is 5.84. The molecule has 0 saturated heterocycles. The van der Waals surface area contributed by atoms with E-state index in [1.807, 2.05) is 26.0 Å². The minimum absolute atomic E-state index is 0.224. The van der Waals surface area contributed by atoms with Crippen molar-refractivity contribution in [2.24, 2.45) is 0 Å². The van der Waals surface area contributed by atoms with Gasteiger partial charge in [0, 0.05) is 5.69 Å². The molecule has 0 bridgehead atoms. The van der Waals surface area contributed by atoms with Crippen LogP contribution in [0, 0.1) is 13.8 Å². The Bertz CT molecular complexity index is 834. The summed E-state index contributed by atoms with van der Waals surface area (Å²) < 4.78 is 50.1. The first-order valence-electron chi connectivity index (χ1n) is 8.14. The molecule has 0 unspecified atom stereocenters. The average molecular weight is 397 g/mol. The Morgan fingerprint density at radius 1 is 1.00 bits per heavy atom. The number of halogens is 3. The minimum Gasteiger partial charge on any atom is -0.482 e. The number of esters is 1. The number of benzene rings is 2. The Morgan fingerprint density at radius 2 is 1.68 bits per heavy atom. The van der Waals surface area contributed by atoms with Crippen LogP contribution in [-0.4, -0.2) is 31.5 Å². The fourth-order valence-corrected chi connectivity index (χ4v) is 2.22. The number of nitrogens with one attached hydrogen (secondary N) is 1. The van der Waals surface area contributed by atoms with Crippen LogP contribution in [0.1, 0.15) is 11.1 Å². The monoisotopic (exact) mass is 397 g/mol. The zero-order valence-electron chi connectivity index (χ0n) is 15.1. The van der Waals surface area contributed by atoms with Crippen molar-refractivity contribution in [3.63, 3.8) is 0 Å². The summed E-state index contributed by atoms with van der Waals surface area (Å²) in [4.78, 5) is 23.4. The van der Waals surface area contributed by atoms with Crippen molar-refractivity contribution in [1.82, 2.24) is 0 Å². The Balaban J connectivity index is 1.75. The second kappa shape index (κ2) is 9.12. The number of aryl methyl sites for hydroxylation is 2. The number of carbonyl (C=O) groups excluding carboxylic acids is 2. The van der Waals surface area contributed by atoms with Crippen LogP contribution in [0.5, 0.6) is 11.5 Å². The molecule has 0 heterocycles. The Kier molecular flexibility index (Phi) is 6.86. The fourth-order valence-electron chi connectivity index (χ4n) is 2.22. The molecule has 2 aromatic carbocycles. The van der Waals surface area contributed by atoms with E-state index in [9.17, 15) is 22.8 Å². The molecule has 0 spiro atoms. The number of carbonyl (C=O) groups is 2. The van der Waals surface area contributed by atoms with E-state index in [1.54, 1.807) is 6.07 Å². The summed E-state index contributed by atoms with van der Waals surface area (Å²) in [5.41, 5.74) is 2.15. The third-order valence-electron chi connectivity index (χ3n) is 3.41. The molecule has 150 valence electrons. The van der Waals surface area contributed by atoms with Gasteiger partial charge in [0.05, 0.1) is 0 Å². The second-order valence-corrected chi connectivity index (χ2v) is 5.84. The number of alkyl halides is 3. The number of hydrogen-bond donors (Lipinski definition) is 1. The normalized spacial score (nSPS) is 10.9. The lowest BCUT2D eigenvalue weighted by Gasteiger charge is -2.11. The lowest BCUT2D eigenvalue weighted by molar-refractivity contribution is -0.274. The molecule has 28 heavy (non-hydrogen) atoms. The van der Waals surface area contributed by atoms with Crippen molar-refractivity contribution in [2.45, 2.75) is 20.2 Å². The summed E-state index contributed by atoms with van der Waals surface area (Å²) in [5, 5.41) is 2.38. The Morgan fingerprint density at radius 3 is 2.29 bits per heavy atom. The maximum Gasteiger partial charge on any atom is 0.573 e. The minimum atomic E-state index is -4.79. The molecule has 0 aliphatic rings. The zero-order chi connectivity index (χ0) is 20.7. The molecule has 0 radical (unpaired) electrons. The van der Waals surface area contributed by atoms with Crippen LogP contribution in [-0.2, 0) is 14.3 Å². The van der Waals surface area contributed by atoms with Gasteiger partial charge in [-0.15, -0.1) is 13.2 Å². The summed E-state index contributed by atoms with van der Waals surface area (Å²) in [5.74, 6) is -1.26. The molecule has 9 heteroatoms. The Labute approximate surface area is 159 Å². The highest BCUT2D eigenvalue weighted by Gasteiger charge is 2.30. The summed E-state index contributed by atoms with van der Waals surface area (Å²) in [6.45, 7) is 2.85. The molecule has 1 amide bonds. The van der Waals surface area contributed by atoms with Crippen LogP contribution in [0.15, 0.2) is 42.5 Å². The van der Waals surface area contributed by atoms with Gasteiger partial charge in [0.15, 0.2) is 13.2 Å². The van der Waals surface area contributed by atoms with E-state index in [0.29, 0.717) is 5.75 Å². The van der Waals surface area contributed by atoms with E-state index in [4.69, 9.17) is 9.47 Å². The number of ether oxygens (including phenoxy) is 3. The highest BCUT2D eigenvalue weighted by Crippen LogP contribution is 2.24. The van der Waals surface area contributed by atoms with Crippen LogP contribution >= 0.6 is 0 Å². The first kappa shape index (κ1) is 21.1. The highest BCUT2D eigenvalue weighted by atomic mass is 19.4. The van der Waals surface area contributed by atoms with Crippen LogP contribution in [0.3, 0.4) is 0 Å². The molecule has 6 nitrogen and oxygen atoms in total. The number of rotatable bonds is 7. The van der Waals surface area contributed by atoms with Crippen LogP contribution in [0.25, 0.3) is 0 Å². The molecular weight excluding hydrogens is 379 g/mol. The third-order valence-corrected chi connectivity index (χ3v) is 3.41. The number of anilines is 1. The topological polar surface area (TPSA) is 73.9 Å². The van der Waals surface area contributed by atoms with Gasteiger partial charge in [0.25, 0.3) is 5.91 Å². The predicted molar refractivity (Wildman–Crippen MR) is 94.1 cm³/mol. The molecule has 2 rings (SSSR count). The molecule has 2 aromatic rings. The summed E-state index contributed by atoms with van der Waals surface area (Å²) in [7, 11) is 0. The van der Waals surface area contributed by atoms with Gasteiger partial charge in [0.2, 0.25) is 0 Å². The Hall–Kier alpha value is -3.23. The van der Waals surface area contributed by atoms with E-state index in [-0.39, 0.29) is 12.3 Å². The van der Waals surface area contributed by atoms with E-state index in [2.05, 4.69) is 10.1 Å². The van der Waals surface area contributed by atoms with Crippen molar-refractivity contribution in [3.05, 3.63) is 53.6 Å². The maximum absolute atomic E-state index is 12.1. The molecule has 0 aromatic heterocycles. The summed E-state index contributed by atoms with van der Waals surface area (Å²) in [6.07, 6.45) is -4.79. The van der Waals surface area contributed by atoms with Crippen molar-refractivity contribution in [2.75, 3.05) is 18.5 Å². The third kappa shape index (κ3) is 7.18. The lowest BCUT2D eigenvalue weighted by atomic mass is 10.1. The molecule has 0 atom stereocenters. The van der Waals surface area contributed by atoms with E-state index in [1.165, 1.54) is 12.1 Å². The van der Waals surface area contributed by atoms with E-state index < -0.39 is 30.6 Å². The van der Waals surface area contributed by atoms with Crippen molar-refractivity contribution < 1.29 is 37.0 Å². The van der Waals surface area contributed by atoms with Gasteiger partial charge < -0.3 is 19.5 Å². The molecule has 0 fully saturated rings. The SMILES string of the molecule is Cc1ccc(OCC(=O)OCC(=O)Nc2ccc(OC(F)(F)F)cc2)c(C)c1. The van der Waals surface area contributed by atoms with Crippen LogP contribution in [0.2, 0.25) is 0 Å².